The van der Waals surface area contributed by atoms with Crippen molar-refractivity contribution < 1.29 is 17.6 Å². The molecule has 0 radical (unpaired) electrons. The van der Waals surface area contributed by atoms with Crippen LogP contribution in [0.5, 0.6) is 0 Å². The minimum absolute atomic E-state index is 0.00232. The summed E-state index contributed by atoms with van der Waals surface area (Å²) >= 11 is 0.741. The lowest BCUT2D eigenvalue weighted by Crippen LogP contribution is -2.23. The van der Waals surface area contributed by atoms with Crippen molar-refractivity contribution in [2.24, 2.45) is 0 Å². The van der Waals surface area contributed by atoms with E-state index in [0.29, 0.717) is 5.56 Å². The molecule has 10 heteroatoms. The number of amides is 1. The van der Waals surface area contributed by atoms with Gasteiger partial charge in [-0.1, -0.05) is 23.5 Å². The van der Waals surface area contributed by atoms with Crippen molar-refractivity contribution in [3.63, 3.8) is 0 Å². The second-order valence-corrected chi connectivity index (χ2v) is 6.92. The molecule has 1 heterocycles. The summed E-state index contributed by atoms with van der Waals surface area (Å²) in [6.45, 7) is 1.28. The fraction of sp³-hybridized carbons (Fsp3) is 0.182. The SMILES string of the molecule is CC(=O)Nc1nnc(S(=O)(=O)NCc2ccc(F)cc2)s1. The van der Waals surface area contributed by atoms with Gasteiger partial charge >= 0.3 is 0 Å². The van der Waals surface area contributed by atoms with Crippen LogP contribution in [0, 0.1) is 5.82 Å². The molecule has 0 aliphatic rings. The number of rotatable bonds is 5. The van der Waals surface area contributed by atoms with Gasteiger partial charge in [0.1, 0.15) is 5.82 Å². The summed E-state index contributed by atoms with van der Waals surface area (Å²) in [5.74, 6) is -0.764. The highest BCUT2D eigenvalue weighted by Gasteiger charge is 2.20. The molecule has 0 saturated heterocycles. The number of halogens is 1. The Bertz CT molecular complexity index is 743. The molecule has 7 nitrogen and oxygen atoms in total. The highest BCUT2D eigenvalue weighted by molar-refractivity contribution is 7.91. The van der Waals surface area contributed by atoms with Crippen molar-refractivity contribution in [2.45, 2.75) is 17.8 Å². The number of carbonyl (C=O) groups excluding carboxylic acids is 1. The number of benzene rings is 1. The van der Waals surface area contributed by atoms with Crippen molar-refractivity contribution in [3.05, 3.63) is 35.6 Å². The van der Waals surface area contributed by atoms with E-state index < -0.39 is 15.8 Å². The van der Waals surface area contributed by atoms with Gasteiger partial charge < -0.3 is 5.32 Å². The number of nitrogens with one attached hydrogen (secondary N) is 2. The molecule has 112 valence electrons. The van der Waals surface area contributed by atoms with E-state index in [1.165, 1.54) is 31.2 Å². The summed E-state index contributed by atoms with van der Waals surface area (Å²) < 4.78 is 38.8. The fourth-order valence-corrected chi connectivity index (χ4v) is 3.37. The van der Waals surface area contributed by atoms with E-state index in [9.17, 15) is 17.6 Å². The third-order valence-corrected chi connectivity index (χ3v) is 4.91. The lowest BCUT2D eigenvalue weighted by Gasteiger charge is -2.03. The van der Waals surface area contributed by atoms with E-state index in [-0.39, 0.29) is 21.9 Å². The normalized spacial score (nSPS) is 11.3. The molecule has 0 fully saturated rings. The maximum atomic E-state index is 12.7. The van der Waals surface area contributed by atoms with E-state index in [1.54, 1.807) is 0 Å². The van der Waals surface area contributed by atoms with Gasteiger partial charge in [0.15, 0.2) is 0 Å². The molecule has 0 spiro atoms. The van der Waals surface area contributed by atoms with Gasteiger partial charge in [0, 0.05) is 13.5 Å². The third kappa shape index (κ3) is 4.28. The van der Waals surface area contributed by atoms with Crippen molar-refractivity contribution in [1.29, 1.82) is 0 Å². The molecular formula is C11H11FN4O3S2. The smallest absolute Gasteiger partial charge is 0.270 e. The van der Waals surface area contributed by atoms with Crippen LogP contribution in [0.3, 0.4) is 0 Å². The van der Waals surface area contributed by atoms with E-state index >= 15 is 0 Å². The number of sulfonamides is 1. The molecule has 2 N–H and O–H groups in total. The molecule has 1 amide bonds. The van der Waals surface area contributed by atoms with Crippen LogP contribution < -0.4 is 10.0 Å². The zero-order chi connectivity index (χ0) is 15.5. The first kappa shape index (κ1) is 15.5. The molecule has 0 unspecified atom stereocenters. The fourth-order valence-electron chi connectivity index (χ4n) is 1.36. The van der Waals surface area contributed by atoms with Crippen molar-refractivity contribution in [1.82, 2.24) is 14.9 Å². The lowest BCUT2D eigenvalue weighted by atomic mass is 10.2. The molecule has 21 heavy (non-hydrogen) atoms. The summed E-state index contributed by atoms with van der Waals surface area (Å²) in [6.07, 6.45) is 0. The molecule has 0 saturated carbocycles. The van der Waals surface area contributed by atoms with Gasteiger partial charge in [-0.2, -0.15) is 0 Å². The van der Waals surface area contributed by atoms with Crippen molar-refractivity contribution in [3.8, 4) is 0 Å². The third-order valence-electron chi connectivity index (χ3n) is 2.30. The molecular weight excluding hydrogens is 319 g/mol. The first-order valence-corrected chi connectivity index (χ1v) is 8.02. The van der Waals surface area contributed by atoms with Crippen LogP contribution in [0.2, 0.25) is 0 Å². The molecule has 0 aliphatic carbocycles. The first-order chi connectivity index (χ1) is 9.87. The molecule has 0 aliphatic heterocycles. The molecule has 2 aromatic rings. The molecule has 2 rings (SSSR count). The highest BCUT2D eigenvalue weighted by atomic mass is 32.2. The van der Waals surface area contributed by atoms with Crippen LogP contribution in [0.15, 0.2) is 28.6 Å². The maximum absolute atomic E-state index is 12.7. The van der Waals surface area contributed by atoms with Gasteiger partial charge in [0.2, 0.25) is 15.4 Å². The van der Waals surface area contributed by atoms with Crippen molar-refractivity contribution in [2.75, 3.05) is 5.32 Å². The first-order valence-electron chi connectivity index (χ1n) is 5.72. The van der Waals surface area contributed by atoms with Crippen LogP contribution in [-0.2, 0) is 21.4 Å². The summed E-state index contributed by atoms with van der Waals surface area (Å²) in [7, 11) is -3.83. The topological polar surface area (TPSA) is 101 Å². The predicted molar refractivity (Wildman–Crippen MR) is 74.6 cm³/mol. The largest absolute Gasteiger partial charge is 0.301 e. The average molecular weight is 330 g/mol. The lowest BCUT2D eigenvalue weighted by molar-refractivity contribution is -0.114. The van der Waals surface area contributed by atoms with E-state index in [1.807, 2.05) is 0 Å². The van der Waals surface area contributed by atoms with Crippen LogP contribution in [-0.4, -0.2) is 24.5 Å². The number of nitrogens with zero attached hydrogens (tertiary/aromatic N) is 2. The van der Waals surface area contributed by atoms with Crippen LogP contribution >= 0.6 is 11.3 Å². The van der Waals surface area contributed by atoms with Gasteiger partial charge in [-0.25, -0.2) is 17.5 Å². The molecule has 1 aromatic carbocycles. The minimum atomic E-state index is -3.83. The Morgan fingerprint density at radius 2 is 1.95 bits per heavy atom. The molecule has 1 aromatic heterocycles. The average Bonchev–Trinajstić information content (AvgIpc) is 2.86. The number of hydrogen-bond donors (Lipinski definition) is 2. The Labute approximate surface area is 124 Å². The number of carbonyl (C=O) groups is 1. The van der Waals surface area contributed by atoms with E-state index in [2.05, 4.69) is 20.2 Å². The van der Waals surface area contributed by atoms with Crippen LogP contribution in [0.25, 0.3) is 0 Å². The Balaban J connectivity index is 2.06. The van der Waals surface area contributed by atoms with Gasteiger partial charge in [-0.05, 0) is 17.7 Å². The Hall–Kier alpha value is -1.91. The van der Waals surface area contributed by atoms with Gasteiger partial charge in [0.25, 0.3) is 10.0 Å². The summed E-state index contributed by atoms with van der Waals surface area (Å²) in [5, 5.41) is 9.52. The molecule has 0 atom stereocenters. The minimum Gasteiger partial charge on any atom is -0.301 e. The monoisotopic (exact) mass is 330 g/mol. The maximum Gasteiger partial charge on any atom is 0.270 e. The van der Waals surface area contributed by atoms with Crippen LogP contribution in [0.4, 0.5) is 9.52 Å². The second kappa shape index (κ2) is 6.24. The summed E-state index contributed by atoms with van der Waals surface area (Å²) in [6, 6.07) is 5.42. The van der Waals surface area contributed by atoms with Gasteiger partial charge in [-0.3, -0.25) is 4.79 Å². The zero-order valence-electron chi connectivity index (χ0n) is 10.8. The highest BCUT2D eigenvalue weighted by Crippen LogP contribution is 2.19. The summed E-state index contributed by atoms with van der Waals surface area (Å²) in [4.78, 5) is 10.8. The Morgan fingerprint density at radius 1 is 1.29 bits per heavy atom. The Kier molecular flexibility index (Phi) is 4.60. The summed E-state index contributed by atoms with van der Waals surface area (Å²) in [5.41, 5.74) is 0.603. The van der Waals surface area contributed by atoms with E-state index in [0.717, 1.165) is 11.3 Å². The predicted octanol–water partition coefficient (Wildman–Crippen LogP) is 1.11. The number of hydrogen-bond acceptors (Lipinski definition) is 6. The van der Waals surface area contributed by atoms with Crippen molar-refractivity contribution >= 4 is 32.4 Å². The van der Waals surface area contributed by atoms with Gasteiger partial charge in [0.05, 0.1) is 0 Å². The van der Waals surface area contributed by atoms with Crippen LogP contribution in [0.1, 0.15) is 12.5 Å². The zero-order valence-corrected chi connectivity index (χ0v) is 12.5. The molecule has 0 bridgehead atoms. The quantitative estimate of drug-likeness (QED) is 0.800. The number of aromatic nitrogens is 2. The van der Waals surface area contributed by atoms with E-state index in [4.69, 9.17) is 0 Å². The second-order valence-electron chi connectivity index (χ2n) is 4.01. The number of anilines is 1. The standard InChI is InChI=1S/C11H11FN4O3S2/c1-7(17)14-10-15-16-11(20-10)21(18,19)13-6-8-2-4-9(12)5-3-8/h2-5,13H,6H2,1H3,(H,14,15,17). The Morgan fingerprint density at radius 3 is 2.57 bits per heavy atom. The van der Waals surface area contributed by atoms with Gasteiger partial charge in [-0.15, -0.1) is 10.2 Å².